The van der Waals surface area contributed by atoms with Crippen LogP contribution in [-0.2, 0) is 4.79 Å². The molecule has 0 bridgehead atoms. The topological polar surface area (TPSA) is 29.1 Å². The number of carbonyl (C=O) groups excluding carboxylic acids is 1. The number of anilines is 1. The fraction of sp³-hybridized carbons (Fsp3) is 0.700. The van der Waals surface area contributed by atoms with Crippen LogP contribution >= 0.6 is 0 Å². The highest BCUT2D eigenvalue weighted by atomic mass is 16.1. The summed E-state index contributed by atoms with van der Waals surface area (Å²) >= 11 is 0. The molecule has 182 valence electrons. The van der Waals surface area contributed by atoms with E-state index in [9.17, 15) is 4.79 Å². The number of rotatable bonds is 18. The van der Waals surface area contributed by atoms with Gasteiger partial charge in [0.15, 0.2) is 0 Å². The van der Waals surface area contributed by atoms with Crippen molar-refractivity contribution in [1.82, 2.24) is 0 Å². The largest absolute Gasteiger partial charge is 0.326 e. The van der Waals surface area contributed by atoms with E-state index < -0.39 is 0 Å². The van der Waals surface area contributed by atoms with E-state index in [1.165, 1.54) is 81.8 Å². The second-order valence-electron chi connectivity index (χ2n) is 10.0. The molecule has 0 saturated heterocycles. The summed E-state index contributed by atoms with van der Waals surface area (Å²) in [4.78, 5) is 12.6. The lowest BCUT2D eigenvalue weighted by atomic mass is 9.92. The molecule has 0 spiro atoms. The Morgan fingerprint density at radius 1 is 0.750 bits per heavy atom. The minimum absolute atomic E-state index is 0.164. The SMILES string of the molecule is CCCCCCCC/C=C\CCCCCCCC(=O)Nc1c(C(C)C)cccc1C(C)C. The number of hydrogen-bond donors (Lipinski definition) is 1. The Bertz CT molecular complexity index is 618. The van der Waals surface area contributed by atoms with Gasteiger partial charge in [0.25, 0.3) is 0 Å². The Morgan fingerprint density at radius 3 is 1.72 bits per heavy atom. The average molecular weight is 442 g/mol. The summed E-state index contributed by atoms with van der Waals surface area (Å²) in [6, 6.07) is 6.41. The van der Waals surface area contributed by atoms with Gasteiger partial charge >= 0.3 is 0 Å². The number of carbonyl (C=O) groups is 1. The summed E-state index contributed by atoms with van der Waals surface area (Å²) in [5, 5.41) is 3.24. The van der Waals surface area contributed by atoms with Gasteiger partial charge in [-0.1, -0.05) is 116 Å². The van der Waals surface area contributed by atoms with Gasteiger partial charge in [0.1, 0.15) is 0 Å². The predicted molar refractivity (Wildman–Crippen MR) is 143 cm³/mol. The maximum Gasteiger partial charge on any atom is 0.224 e. The molecule has 0 heterocycles. The first-order chi connectivity index (χ1) is 15.5. The molecule has 0 aromatic heterocycles. The van der Waals surface area contributed by atoms with E-state index in [-0.39, 0.29) is 5.91 Å². The van der Waals surface area contributed by atoms with Gasteiger partial charge in [-0.2, -0.15) is 0 Å². The third kappa shape index (κ3) is 12.5. The summed E-state index contributed by atoms with van der Waals surface area (Å²) in [5.74, 6) is 0.977. The average Bonchev–Trinajstić information content (AvgIpc) is 2.76. The maximum atomic E-state index is 12.6. The molecule has 1 amide bonds. The molecule has 0 aliphatic heterocycles. The smallest absolute Gasteiger partial charge is 0.224 e. The normalized spacial score (nSPS) is 11.7. The molecule has 0 radical (unpaired) electrons. The molecule has 0 aliphatic carbocycles. The van der Waals surface area contributed by atoms with Gasteiger partial charge in [-0.15, -0.1) is 0 Å². The summed E-state index contributed by atoms with van der Waals surface area (Å²) in [6.45, 7) is 11.0. The minimum atomic E-state index is 0.164. The fourth-order valence-corrected chi connectivity index (χ4v) is 4.25. The van der Waals surface area contributed by atoms with Crippen LogP contribution in [0.15, 0.2) is 30.4 Å². The van der Waals surface area contributed by atoms with Crippen LogP contribution in [0.2, 0.25) is 0 Å². The number of unbranched alkanes of at least 4 members (excludes halogenated alkanes) is 11. The fourth-order valence-electron chi connectivity index (χ4n) is 4.25. The highest BCUT2D eigenvalue weighted by molar-refractivity contribution is 5.92. The molecule has 1 rings (SSSR count). The summed E-state index contributed by atoms with van der Waals surface area (Å²) in [5.41, 5.74) is 3.54. The monoisotopic (exact) mass is 441 g/mol. The molecule has 32 heavy (non-hydrogen) atoms. The number of amides is 1. The standard InChI is InChI=1S/C30H51NO/c1-6-7-8-9-10-11-12-13-14-15-16-17-18-19-20-24-29(32)31-30-27(25(2)3)22-21-23-28(30)26(4)5/h13-14,21-23,25-26H,6-12,15-20,24H2,1-5H3,(H,31,32)/b14-13-. The first-order valence-electron chi connectivity index (χ1n) is 13.5. The van der Waals surface area contributed by atoms with E-state index in [1.807, 2.05) is 0 Å². The van der Waals surface area contributed by atoms with Crippen molar-refractivity contribution in [1.29, 1.82) is 0 Å². The Kier molecular flexibility index (Phi) is 15.9. The molecule has 1 aromatic carbocycles. The lowest BCUT2D eigenvalue weighted by Crippen LogP contribution is -2.15. The molecule has 0 aliphatic rings. The van der Waals surface area contributed by atoms with E-state index in [0.29, 0.717) is 18.3 Å². The number of benzene rings is 1. The zero-order valence-corrected chi connectivity index (χ0v) is 21.8. The minimum Gasteiger partial charge on any atom is -0.326 e. The van der Waals surface area contributed by atoms with E-state index >= 15 is 0 Å². The summed E-state index contributed by atoms with van der Waals surface area (Å²) in [6.07, 6.45) is 22.0. The van der Waals surface area contributed by atoms with Gasteiger partial charge in [-0.05, 0) is 55.1 Å². The zero-order chi connectivity index (χ0) is 23.6. The van der Waals surface area contributed by atoms with Crippen LogP contribution in [0.1, 0.15) is 147 Å². The molecule has 0 atom stereocenters. The third-order valence-electron chi connectivity index (χ3n) is 6.30. The number of allylic oxidation sites excluding steroid dienone is 2. The first-order valence-corrected chi connectivity index (χ1v) is 13.5. The second kappa shape index (κ2) is 17.9. The van der Waals surface area contributed by atoms with Gasteiger partial charge in [-0.25, -0.2) is 0 Å². The van der Waals surface area contributed by atoms with Gasteiger partial charge < -0.3 is 5.32 Å². The van der Waals surface area contributed by atoms with Crippen molar-refractivity contribution >= 4 is 11.6 Å². The highest BCUT2D eigenvalue weighted by Crippen LogP contribution is 2.32. The number of nitrogens with one attached hydrogen (secondary N) is 1. The molecule has 1 N–H and O–H groups in total. The molecule has 1 aromatic rings. The van der Waals surface area contributed by atoms with Crippen LogP contribution in [0.3, 0.4) is 0 Å². The van der Waals surface area contributed by atoms with Crippen molar-refractivity contribution in [2.75, 3.05) is 5.32 Å². The van der Waals surface area contributed by atoms with Crippen molar-refractivity contribution in [3.05, 3.63) is 41.5 Å². The molecular formula is C30H51NO. The maximum absolute atomic E-state index is 12.6. The Morgan fingerprint density at radius 2 is 1.22 bits per heavy atom. The summed E-state index contributed by atoms with van der Waals surface area (Å²) < 4.78 is 0. The lowest BCUT2D eigenvalue weighted by molar-refractivity contribution is -0.116. The molecule has 2 nitrogen and oxygen atoms in total. The lowest BCUT2D eigenvalue weighted by Gasteiger charge is -2.20. The van der Waals surface area contributed by atoms with Gasteiger partial charge in [0.2, 0.25) is 5.91 Å². The first kappa shape index (κ1) is 28.5. The van der Waals surface area contributed by atoms with Gasteiger partial charge in [-0.3, -0.25) is 4.79 Å². The van der Waals surface area contributed by atoms with Crippen molar-refractivity contribution in [3.8, 4) is 0 Å². The van der Waals surface area contributed by atoms with Crippen LogP contribution < -0.4 is 5.32 Å². The number of hydrogen-bond acceptors (Lipinski definition) is 1. The van der Waals surface area contributed by atoms with Crippen molar-refractivity contribution < 1.29 is 4.79 Å². The molecular weight excluding hydrogens is 390 g/mol. The Hall–Kier alpha value is -1.57. The Labute approximate surface area is 199 Å². The van der Waals surface area contributed by atoms with Crippen molar-refractivity contribution in [2.45, 2.75) is 136 Å². The summed E-state index contributed by atoms with van der Waals surface area (Å²) in [7, 11) is 0. The molecule has 0 saturated carbocycles. The van der Waals surface area contributed by atoms with E-state index in [2.05, 4.69) is 70.3 Å². The molecule has 0 unspecified atom stereocenters. The van der Waals surface area contributed by atoms with Crippen LogP contribution in [0.25, 0.3) is 0 Å². The Balaban J connectivity index is 2.15. The van der Waals surface area contributed by atoms with Crippen molar-refractivity contribution in [2.24, 2.45) is 0 Å². The quantitative estimate of drug-likeness (QED) is 0.178. The van der Waals surface area contributed by atoms with Gasteiger partial charge in [0, 0.05) is 12.1 Å². The van der Waals surface area contributed by atoms with E-state index in [4.69, 9.17) is 0 Å². The van der Waals surface area contributed by atoms with E-state index in [1.54, 1.807) is 0 Å². The second-order valence-corrected chi connectivity index (χ2v) is 10.0. The van der Waals surface area contributed by atoms with Crippen molar-refractivity contribution in [3.63, 3.8) is 0 Å². The van der Waals surface area contributed by atoms with Crippen LogP contribution in [0.4, 0.5) is 5.69 Å². The third-order valence-corrected chi connectivity index (χ3v) is 6.30. The van der Waals surface area contributed by atoms with Gasteiger partial charge in [0.05, 0.1) is 0 Å². The van der Waals surface area contributed by atoms with Crippen LogP contribution in [-0.4, -0.2) is 5.91 Å². The molecule has 0 fully saturated rings. The molecule has 2 heteroatoms. The van der Waals surface area contributed by atoms with E-state index in [0.717, 1.165) is 18.5 Å². The zero-order valence-electron chi connectivity index (χ0n) is 21.8. The predicted octanol–water partition coefficient (Wildman–Crippen LogP) is 9.91. The van der Waals surface area contributed by atoms with Crippen LogP contribution in [0, 0.1) is 0 Å². The number of para-hydroxylation sites is 1. The van der Waals surface area contributed by atoms with Crippen LogP contribution in [0.5, 0.6) is 0 Å². The highest BCUT2D eigenvalue weighted by Gasteiger charge is 2.15.